The third kappa shape index (κ3) is 6.23. The van der Waals surface area contributed by atoms with Crippen LogP contribution in [0.4, 0.5) is 18.9 Å². The van der Waals surface area contributed by atoms with Crippen molar-refractivity contribution in [1.29, 1.82) is 0 Å². The molecule has 0 saturated carbocycles. The predicted octanol–water partition coefficient (Wildman–Crippen LogP) is 4.18. The number of fused-ring (bicyclic) bond motifs is 2. The molecule has 2 N–H and O–H groups in total. The summed E-state index contributed by atoms with van der Waals surface area (Å²) in [6.45, 7) is -0.177. The minimum atomic E-state index is -4.48. The minimum absolute atomic E-state index is 0.177. The van der Waals surface area contributed by atoms with E-state index in [1.165, 1.54) is 19.3 Å². The predicted molar refractivity (Wildman–Crippen MR) is 123 cm³/mol. The van der Waals surface area contributed by atoms with E-state index in [9.17, 15) is 22.8 Å². The molecule has 4 aromatic rings. The summed E-state index contributed by atoms with van der Waals surface area (Å²) >= 11 is 0. The Bertz CT molecular complexity index is 1310. The number of aromatic nitrogens is 3. The van der Waals surface area contributed by atoms with Gasteiger partial charge in [-0.15, -0.1) is 0 Å². The van der Waals surface area contributed by atoms with Crippen molar-refractivity contribution in [3.05, 3.63) is 95.7 Å². The van der Waals surface area contributed by atoms with Gasteiger partial charge in [-0.1, -0.05) is 24.3 Å². The lowest BCUT2D eigenvalue weighted by atomic mass is 10.1. The van der Waals surface area contributed by atoms with E-state index in [0.29, 0.717) is 17.5 Å². The Morgan fingerprint density at radius 1 is 0.943 bits per heavy atom. The molecule has 10 heteroatoms. The lowest BCUT2D eigenvalue weighted by molar-refractivity contribution is -0.137. The smallest absolute Gasteiger partial charge is 0.342 e. The molecule has 1 aliphatic rings. The highest BCUT2D eigenvalue weighted by atomic mass is 19.4. The van der Waals surface area contributed by atoms with Crippen LogP contribution in [0.3, 0.4) is 0 Å². The van der Waals surface area contributed by atoms with Crippen LogP contribution in [0.15, 0.2) is 73.3 Å². The molecule has 0 saturated heterocycles. The Labute approximate surface area is 199 Å². The van der Waals surface area contributed by atoms with Gasteiger partial charge in [-0.25, -0.2) is 4.98 Å². The second-order valence-corrected chi connectivity index (χ2v) is 7.90. The molecule has 0 radical (unpaired) electrons. The number of benzene rings is 1. The fraction of sp³-hybridized carbons (Fsp3) is 0.200. The number of halogens is 3. The molecule has 1 aromatic carbocycles. The van der Waals surface area contributed by atoms with Gasteiger partial charge in [0, 0.05) is 36.5 Å². The standard InChI is InChI=1S/C16H12F3N5O2.C9H10/c17-16(18,19)10-1-2-12(21-8-10)9-22-14(25)15(26)23-11-3-5-24-6-4-20-13(24)7-11;1-2-5-9-7-3-6-8(9)4-1/h1-8H,9H2,(H,22,25)(H,23,26);1-2,4-5H,3,6-7H2. The monoisotopic (exact) mass is 481 g/mol. The van der Waals surface area contributed by atoms with Crippen LogP contribution in [-0.2, 0) is 35.2 Å². The van der Waals surface area contributed by atoms with Crippen molar-refractivity contribution in [2.75, 3.05) is 5.32 Å². The fourth-order valence-electron chi connectivity index (χ4n) is 3.64. The van der Waals surface area contributed by atoms with E-state index in [1.54, 1.807) is 46.3 Å². The van der Waals surface area contributed by atoms with Crippen LogP contribution in [-0.4, -0.2) is 26.2 Å². The third-order valence-electron chi connectivity index (χ3n) is 5.45. The number of imidazole rings is 1. The maximum atomic E-state index is 12.5. The summed E-state index contributed by atoms with van der Waals surface area (Å²) in [5, 5.41) is 4.71. The highest BCUT2D eigenvalue weighted by Crippen LogP contribution is 2.28. The lowest BCUT2D eigenvalue weighted by Gasteiger charge is -2.08. The Morgan fingerprint density at radius 2 is 1.69 bits per heavy atom. The van der Waals surface area contributed by atoms with Crippen molar-refractivity contribution in [3.63, 3.8) is 0 Å². The number of aryl methyl sites for hydroxylation is 2. The summed E-state index contributed by atoms with van der Waals surface area (Å²) in [4.78, 5) is 31.3. The molecule has 35 heavy (non-hydrogen) atoms. The quantitative estimate of drug-likeness (QED) is 0.430. The van der Waals surface area contributed by atoms with Gasteiger partial charge in [0.1, 0.15) is 5.65 Å². The molecule has 0 bridgehead atoms. The van der Waals surface area contributed by atoms with Crippen LogP contribution >= 0.6 is 0 Å². The van der Waals surface area contributed by atoms with E-state index in [-0.39, 0.29) is 12.2 Å². The second-order valence-electron chi connectivity index (χ2n) is 7.90. The van der Waals surface area contributed by atoms with E-state index in [2.05, 4.69) is 44.9 Å². The van der Waals surface area contributed by atoms with E-state index < -0.39 is 23.6 Å². The molecule has 5 rings (SSSR count). The molecular weight excluding hydrogens is 459 g/mol. The first-order chi connectivity index (χ1) is 16.8. The number of pyridine rings is 2. The van der Waals surface area contributed by atoms with E-state index >= 15 is 0 Å². The van der Waals surface area contributed by atoms with Crippen LogP contribution in [0.2, 0.25) is 0 Å². The largest absolute Gasteiger partial charge is 0.417 e. The van der Waals surface area contributed by atoms with Gasteiger partial charge in [-0.2, -0.15) is 13.2 Å². The Morgan fingerprint density at radius 3 is 2.34 bits per heavy atom. The number of amides is 2. The number of hydrogen-bond donors (Lipinski definition) is 2. The molecule has 180 valence electrons. The van der Waals surface area contributed by atoms with Crippen molar-refractivity contribution < 1.29 is 22.8 Å². The zero-order valence-electron chi connectivity index (χ0n) is 18.5. The fourth-order valence-corrected chi connectivity index (χ4v) is 3.64. The van der Waals surface area contributed by atoms with Gasteiger partial charge in [-0.3, -0.25) is 14.6 Å². The number of nitrogens with zero attached hydrogens (tertiary/aromatic N) is 3. The molecule has 2 amide bonds. The lowest BCUT2D eigenvalue weighted by Crippen LogP contribution is -2.35. The first-order valence-corrected chi connectivity index (χ1v) is 10.9. The van der Waals surface area contributed by atoms with Crippen LogP contribution in [0.1, 0.15) is 28.8 Å². The molecule has 0 unspecified atom stereocenters. The Hall–Kier alpha value is -4.21. The van der Waals surface area contributed by atoms with Crippen molar-refractivity contribution >= 4 is 23.1 Å². The molecule has 0 aliphatic heterocycles. The van der Waals surface area contributed by atoms with Gasteiger partial charge in [0.2, 0.25) is 0 Å². The van der Waals surface area contributed by atoms with Crippen molar-refractivity contribution in [2.45, 2.75) is 32.0 Å². The van der Waals surface area contributed by atoms with Crippen LogP contribution < -0.4 is 10.6 Å². The summed E-state index contributed by atoms with van der Waals surface area (Å²) in [5.74, 6) is -1.84. The minimum Gasteiger partial charge on any atom is -0.342 e. The van der Waals surface area contributed by atoms with Gasteiger partial charge in [-0.05, 0) is 48.6 Å². The Kier molecular flexibility index (Phi) is 7.09. The third-order valence-corrected chi connectivity index (χ3v) is 5.45. The zero-order valence-corrected chi connectivity index (χ0v) is 18.5. The van der Waals surface area contributed by atoms with Crippen molar-refractivity contribution in [2.24, 2.45) is 0 Å². The zero-order chi connectivity index (χ0) is 24.8. The van der Waals surface area contributed by atoms with Crippen LogP contribution in [0.5, 0.6) is 0 Å². The van der Waals surface area contributed by atoms with Gasteiger partial charge in [0.15, 0.2) is 0 Å². The topological polar surface area (TPSA) is 88.4 Å². The highest BCUT2D eigenvalue weighted by Gasteiger charge is 2.30. The Balaban J connectivity index is 0.000000266. The van der Waals surface area contributed by atoms with E-state index in [1.807, 2.05) is 0 Å². The molecule has 7 nitrogen and oxygen atoms in total. The van der Waals surface area contributed by atoms with Crippen molar-refractivity contribution in [1.82, 2.24) is 19.7 Å². The van der Waals surface area contributed by atoms with E-state index in [4.69, 9.17) is 0 Å². The summed E-state index contributed by atoms with van der Waals surface area (Å²) in [7, 11) is 0. The first kappa shape index (κ1) is 23.9. The maximum absolute atomic E-state index is 12.5. The van der Waals surface area contributed by atoms with Gasteiger partial charge < -0.3 is 15.0 Å². The maximum Gasteiger partial charge on any atom is 0.417 e. The van der Waals surface area contributed by atoms with Crippen LogP contribution in [0, 0.1) is 0 Å². The normalized spacial score (nSPS) is 12.4. The number of carbonyl (C=O) groups excluding carboxylic acids is 2. The average molecular weight is 481 g/mol. The van der Waals surface area contributed by atoms with Gasteiger partial charge in [0.05, 0.1) is 17.8 Å². The highest BCUT2D eigenvalue weighted by molar-refractivity contribution is 6.39. The number of hydrogen-bond acceptors (Lipinski definition) is 4. The summed E-state index contributed by atoms with van der Waals surface area (Å²) in [5.41, 5.74) is 3.42. The molecule has 0 atom stereocenters. The number of alkyl halides is 3. The molecule has 1 aliphatic carbocycles. The summed E-state index contributed by atoms with van der Waals surface area (Å²) in [6.07, 6.45) is 5.13. The van der Waals surface area contributed by atoms with Crippen LogP contribution in [0.25, 0.3) is 5.65 Å². The van der Waals surface area contributed by atoms with E-state index in [0.717, 1.165) is 12.1 Å². The van der Waals surface area contributed by atoms with Gasteiger partial charge >= 0.3 is 18.0 Å². The molecule has 0 fully saturated rings. The number of nitrogens with one attached hydrogen (secondary N) is 2. The number of carbonyl (C=O) groups is 2. The summed E-state index contributed by atoms with van der Waals surface area (Å²) < 4.78 is 39.1. The second kappa shape index (κ2) is 10.4. The molecule has 0 spiro atoms. The van der Waals surface area contributed by atoms with Crippen molar-refractivity contribution in [3.8, 4) is 0 Å². The van der Waals surface area contributed by atoms with Gasteiger partial charge in [0.25, 0.3) is 0 Å². The number of anilines is 1. The molecule has 3 heterocycles. The average Bonchev–Trinajstić information content (AvgIpc) is 3.51. The number of rotatable bonds is 3. The summed E-state index contributed by atoms with van der Waals surface area (Å²) in [6, 6.07) is 13.9. The molecular formula is C25H22F3N5O2. The molecule has 3 aromatic heterocycles. The first-order valence-electron chi connectivity index (χ1n) is 10.9. The SMILES string of the molecule is O=C(NCc1ccc(C(F)(F)F)cn1)C(=O)Nc1ccn2ccnc2c1.c1ccc2c(c1)CCC2.